The fraction of sp³-hybridized carbons (Fsp3) is 0.143. The predicted octanol–water partition coefficient (Wildman–Crippen LogP) is 1.82. The van der Waals surface area contributed by atoms with Gasteiger partial charge in [0.1, 0.15) is 0 Å². The molecule has 0 heterocycles. The summed E-state index contributed by atoms with van der Waals surface area (Å²) in [7, 11) is 0. The lowest BCUT2D eigenvalue weighted by Gasteiger charge is -1.98. The highest BCUT2D eigenvalue weighted by Gasteiger charge is 2.11. The van der Waals surface area contributed by atoms with E-state index in [2.05, 4.69) is 15.9 Å². The molecule has 1 rings (SSSR count). The van der Waals surface area contributed by atoms with Crippen molar-refractivity contribution in [1.82, 2.24) is 0 Å². The van der Waals surface area contributed by atoms with Crippen molar-refractivity contribution in [1.29, 1.82) is 0 Å². The minimum Gasteiger partial charge on any atom is -0.326 e. The molecule has 1 aromatic carbocycles. The number of hydrogen-bond acceptors (Lipinski definition) is 3. The maximum atomic E-state index is 10.5. The number of nitro groups is 1. The number of benzene rings is 1. The van der Waals surface area contributed by atoms with Gasteiger partial charge in [-0.2, -0.15) is 0 Å². The highest BCUT2D eigenvalue weighted by Crippen LogP contribution is 2.22. The van der Waals surface area contributed by atoms with Gasteiger partial charge in [-0.1, -0.05) is 15.9 Å². The van der Waals surface area contributed by atoms with E-state index in [1.54, 1.807) is 12.1 Å². The van der Waals surface area contributed by atoms with Crippen molar-refractivity contribution < 1.29 is 4.92 Å². The average molecular weight is 231 g/mol. The van der Waals surface area contributed by atoms with Crippen LogP contribution in [0.25, 0.3) is 0 Å². The van der Waals surface area contributed by atoms with Crippen LogP contribution in [0.3, 0.4) is 0 Å². The fourth-order valence-electron chi connectivity index (χ4n) is 0.880. The lowest BCUT2D eigenvalue weighted by molar-refractivity contribution is -0.385. The first-order valence-corrected chi connectivity index (χ1v) is 4.07. The van der Waals surface area contributed by atoms with Crippen molar-refractivity contribution in [2.45, 2.75) is 6.54 Å². The molecule has 0 radical (unpaired) electrons. The lowest BCUT2D eigenvalue weighted by Crippen LogP contribution is -2.01. The number of nitro benzene ring substituents is 1. The zero-order chi connectivity index (χ0) is 9.14. The van der Waals surface area contributed by atoms with Gasteiger partial charge in [0.15, 0.2) is 0 Å². The molecule has 0 fully saturated rings. The maximum Gasteiger partial charge on any atom is 0.275 e. The molecule has 0 aliphatic rings. The topological polar surface area (TPSA) is 69.2 Å². The molecule has 0 saturated heterocycles. The summed E-state index contributed by atoms with van der Waals surface area (Å²) < 4.78 is 0.686. The van der Waals surface area contributed by atoms with Gasteiger partial charge in [-0.15, -0.1) is 0 Å². The summed E-state index contributed by atoms with van der Waals surface area (Å²) in [6.07, 6.45) is 0. The molecule has 0 saturated carbocycles. The van der Waals surface area contributed by atoms with Crippen molar-refractivity contribution in [2.24, 2.45) is 5.73 Å². The quantitative estimate of drug-likeness (QED) is 0.623. The Labute approximate surface area is 77.7 Å². The summed E-state index contributed by atoms with van der Waals surface area (Å²) >= 11 is 3.15. The first kappa shape index (κ1) is 9.15. The summed E-state index contributed by atoms with van der Waals surface area (Å²) in [6.45, 7) is 0.184. The Hall–Kier alpha value is -0.940. The van der Waals surface area contributed by atoms with Gasteiger partial charge in [0.05, 0.1) is 4.92 Å². The van der Waals surface area contributed by atoms with Crippen LogP contribution in [-0.4, -0.2) is 4.92 Å². The minimum atomic E-state index is -0.438. The van der Waals surface area contributed by atoms with Crippen LogP contribution < -0.4 is 5.73 Å². The summed E-state index contributed by atoms with van der Waals surface area (Å²) in [5.74, 6) is 0. The third-order valence-electron chi connectivity index (χ3n) is 1.46. The van der Waals surface area contributed by atoms with Gasteiger partial charge in [0.2, 0.25) is 0 Å². The van der Waals surface area contributed by atoms with Crippen LogP contribution in [0.2, 0.25) is 0 Å². The van der Waals surface area contributed by atoms with Gasteiger partial charge in [0, 0.05) is 22.6 Å². The molecule has 0 aliphatic carbocycles. The molecule has 64 valence electrons. The molecule has 0 bridgehead atoms. The van der Waals surface area contributed by atoms with E-state index in [4.69, 9.17) is 5.73 Å². The molecule has 1 aromatic rings. The van der Waals surface area contributed by atoms with Crippen LogP contribution in [-0.2, 0) is 6.54 Å². The molecule has 0 atom stereocenters. The second-order valence-corrected chi connectivity index (χ2v) is 3.15. The van der Waals surface area contributed by atoms with Gasteiger partial charge in [-0.05, 0) is 12.1 Å². The van der Waals surface area contributed by atoms with Gasteiger partial charge in [-0.25, -0.2) is 0 Å². The number of halogens is 1. The maximum absolute atomic E-state index is 10.5. The van der Waals surface area contributed by atoms with Crippen LogP contribution in [0.5, 0.6) is 0 Å². The Morgan fingerprint density at radius 2 is 2.25 bits per heavy atom. The van der Waals surface area contributed by atoms with Gasteiger partial charge < -0.3 is 5.73 Å². The first-order valence-electron chi connectivity index (χ1n) is 3.28. The van der Waals surface area contributed by atoms with Crippen LogP contribution >= 0.6 is 15.9 Å². The van der Waals surface area contributed by atoms with Crippen LogP contribution in [0, 0.1) is 10.1 Å². The van der Waals surface area contributed by atoms with Crippen molar-refractivity contribution in [2.75, 3.05) is 0 Å². The molecule has 0 amide bonds. The van der Waals surface area contributed by atoms with E-state index >= 15 is 0 Å². The Morgan fingerprint density at radius 3 is 2.75 bits per heavy atom. The second kappa shape index (κ2) is 3.64. The Balaban J connectivity index is 3.21. The second-order valence-electron chi connectivity index (χ2n) is 2.23. The van der Waals surface area contributed by atoms with E-state index in [0.29, 0.717) is 10.0 Å². The van der Waals surface area contributed by atoms with E-state index in [9.17, 15) is 10.1 Å². The Bertz CT molecular complexity index is 314. The average Bonchev–Trinajstić information content (AvgIpc) is 2.04. The summed E-state index contributed by atoms with van der Waals surface area (Å²) in [6, 6.07) is 4.82. The van der Waals surface area contributed by atoms with Crippen LogP contribution in [0.1, 0.15) is 5.56 Å². The molecule has 12 heavy (non-hydrogen) atoms. The molecule has 5 heteroatoms. The monoisotopic (exact) mass is 230 g/mol. The SMILES string of the molecule is NCc1ccc(Br)cc1[N+](=O)[O-]. The molecule has 0 aliphatic heterocycles. The number of rotatable bonds is 2. The van der Waals surface area contributed by atoms with E-state index in [1.165, 1.54) is 6.07 Å². The standard InChI is InChI=1S/C7H7BrN2O2/c8-6-2-1-5(4-9)7(3-6)10(11)12/h1-3H,4,9H2. The molecule has 0 aromatic heterocycles. The minimum absolute atomic E-state index is 0.0619. The lowest BCUT2D eigenvalue weighted by atomic mass is 10.2. The number of nitrogens with zero attached hydrogens (tertiary/aromatic N) is 1. The Morgan fingerprint density at radius 1 is 1.58 bits per heavy atom. The van der Waals surface area contributed by atoms with Gasteiger partial charge in [-0.3, -0.25) is 10.1 Å². The van der Waals surface area contributed by atoms with Crippen molar-refractivity contribution >= 4 is 21.6 Å². The van der Waals surface area contributed by atoms with Crippen LogP contribution in [0.4, 0.5) is 5.69 Å². The summed E-state index contributed by atoms with van der Waals surface area (Å²) in [5.41, 5.74) is 5.93. The fourth-order valence-corrected chi connectivity index (χ4v) is 1.23. The Kier molecular flexibility index (Phi) is 2.78. The van der Waals surface area contributed by atoms with E-state index in [-0.39, 0.29) is 12.2 Å². The number of nitrogens with two attached hydrogens (primary N) is 1. The van der Waals surface area contributed by atoms with Crippen molar-refractivity contribution in [3.8, 4) is 0 Å². The third-order valence-corrected chi connectivity index (χ3v) is 1.96. The molecule has 0 unspecified atom stereocenters. The highest BCUT2D eigenvalue weighted by atomic mass is 79.9. The van der Waals surface area contributed by atoms with E-state index in [1.807, 2.05) is 0 Å². The normalized spacial score (nSPS) is 9.83. The zero-order valence-electron chi connectivity index (χ0n) is 6.16. The van der Waals surface area contributed by atoms with Crippen LogP contribution in [0.15, 0.2) is 22.7 Å². The zero-order valence-corrected chi connectivity index (χ0v) is 7.74. The van der Waals surface area contributed by atoms with E-state index < -0.39 is 4.92 Å². The summed E-state index contributed by atoms with van der Waals surface area (Å²) in [5, 5.41) is 10.5. The molecular weight excluding hydrogens is 224 g/mol. The molecule has 0 spiro atoms. The van der Waals surface area contributed by atoms with Gasteiger partial charge in [0.25, 0.3) is 5.69 Å². The first-order chi connectivity index (χ1) is 5.65. The third kappa shape index (κ3) is 1.80. The van der Waals surface area contributed by atoms with Crippen molar-refractivity contribution in [3.05, 3.63) is 38.3 Å². The largest absolute Gasteiger partial charge is 0.326 e. The van der Waals surface area contributed by atoms with Gasteiger partial charge >= 0.3 is 0 Å². The number of hydrogen-bond donors (Lipinski definition) is 1. The molecular formula is C7H7BrN2O2. The molecule has 4 nitrogen and oxygen atoms in total. The highest BCUT2D eigenvalue weighted by molar-refractivity contribution is 9.10. The summed E-state index contributed by atoms with van der Waals surface area (Å²) in [4.78, 5) is 10.0. The van der Waals surface area contributed by atoms with Crippen molar-refractivity contribution in [3.63, 3.8) is 0 Å². The molecule has 2 N–H and O–H groups in total. The van der Waals surface area contributed by atoms with E-state index in [0.717, 1.165) is 0 Å². The predicted molar refractivity (Wildman–Crippen MR) is 48.7 cm³/mol. The smallest absolute Gasteiger partial charge is 0.275 e.